The van der Waals surface area contributed by atoms with Gasteiger partial charge in [0.1, 0.15) is 0 Å². The van der Waals surface area contributed by atoms with Crippen LogP contribution < -0.4 is 0 Å². The second-order valence-electron chi connectivity index (χ2n) is 12.2. The second-order valence-corrected chi connectivity index (χ2v) is 12.2. The van der Waals surface area contributed by atoms with Crippen LogP contribution in [0.15, 0.2) is 42.6 Å². The zero-order valence-electron chi connectivity index (χ0n) is 26.0. The first-order chi connectivity index (χ1) is 19.8. The molecule has 2 heterocycles. The Morgan fingerprint density at radius 3 is 1.70 bits per heavy atom. The Morgan fingerprint density at radius 1 is 0.575 bits per heavy atom. The van der Waals surface area contributed by atoms with E-state index in [1.54, 1.807) is 0 Å². The van der Waals surface area contributed by atoms with E-state index in [0.717, 1.165) is 31.7 Å². The fraction of sp³-hybridized carbons (Fsp3) is 0.703. The van der Waals surface area contributed by atoms with Crippen molar-refractivity contribution in [2.75, 3.05) is 13.2 Å². The molecule has 1 fully saturated rings. The van der Waals surface area contributed by atoms with Gasteiger partial charge in [-0.3, -0.25) is 4.98 Å². The van der Waals surface area contributed by atoms with E-state index >= 15 is 0 Å². The van der Waals surface area contributed by atoms with Crippen molar-refractivity contribution < 1.29 is 9.47 Å². The number of rotatable bonds is 22. The first kappa shape index (κ1) is 32.8. The van der Waals surface area contributed by atoms with Gasteiger partial charge in [0.2, 0.25) is 0 Å². The summed E-state index contributed by atoms with van der Waals surface area (Å²) in [5, 5.41) is 0. The zero-order valence-corrected chi connectivity index (χ0v) is 26.0. The number of nitrogens with zero attached hydrogens (tertiary/aromatic N) is 1. The van der Waals surface area contributed by atoms with Gasteiger partial charge in [-0.25, -0.2) is 0 Å². The molecule has 3 nitrogen and oxygen atoms in total. The molecule has 0 N–H and O–H groups in total. The van der Waals surface area contributed by atoms with Gasteiger partial charge in [-0.2, -0.15) is 0 Å². The van der Waals surface area contributed by atoms with Crippen molar-refractivity contribution >= 4 is 0 Å². The lowest BCUT2D eigenvalue weighted by Crippen LogP contribution is -2.32. The molecule has 40 heavy (non-hydrogen) atoms. The van der Waals surface area contributed by atoms with E-state index in [0.29, 0.717) is 5.92 Å². The van der Waals surface area contributed by atoms with Gasteiger partial charge in [-0.15, -0.1) is 0 Å². The number of hydrogen-bond acceptors (Lipinski definition) is 3. The lowest BCUT2D eigenvalue weighted by molar-refractivity contribution is -0.203. The van der Waals surface area contributed by atoms with Gasteiger partial charge in [0.05, 0.1) is 18.9 Å². The molecule has 2 aromatic rings. The first-order valence-electron chi connectivity index (χ1n) is 17.1. The number of aryl methyl sites for hydroxylation is 2. The van der Waals surface area contributed by atoms with Crippen LogP contribution in [0.4, 0.5) is 0 Å². The van der Waals surface area contributed by atoms with Crippen molar-refractivity contribution in [1.82, 2.24) is 4.98 Å². The Morgan fingerprint density at radius 2 is 1.12 bits per heavy atom. The maximum atomic E-state index is 6.07. The summed E-state index contributed by atoms with van der Waals surface area (Å²) in [5.41, 5.74) is 4.94. The number of hydrogen-bond donors (Lipinski definition) is 0. The minimum Gasteiger partial charge on any atom is -0.352 e. The normalized spacial score (nSPS) is 17.4. The molecule has 1 aromatic carbocycles. The molecule has 0 amide bonds. The molecule has 0 atom stereocenters. The van der Waals surface area contributed by atoms with E-state index in [2.05, 4.69) is 50.2 Å². The van der Waals surface area contributed by atoms with Crippen LogP contribution >= 0.6 is 0 Å². The molecular weight excluding hydrogens is 490 g/mol. The van der Waals surface area contributed by atoms with Gasteiger partial charge < -0.3 is 9.47 Å². The topological polar surface area (TPSA) is 31.4 Å². The average Bonchev–Trinajstić information content (AvgIpc) is 3.00. The molecule has 0 spiro atoms. The first-order valence-corrected chi connectivity index (χ1v) is 17.1. The predicted octanol–water partition coefficient (Wildman–Crippen LogP) is 10.9. The Bertz CT molecular complexity index is 855. The molecule has 1 aromatic heterocycles. The van der Waals surface area contributed by atoms with Crippen LogP contribution in [-0.2, 0) is 22.3 Å². The van der Waals surface area contributed by atoms with E-state index < -0.39 is 0 Å². The molecule has 0 radical (unpaired) electrons. The highest BCUT2D eigenvalue weighted by atomic mass is 16.7. The smallest absolute Gasteiger partial charge is 0.157 e. The summed E-state index contributed by atoms with van der Waals surface area (Å²) in [4.78, 5) is 4.75. The largest absolute Gasteiger partial charge is 0.352 e. The van der Waals surface area contributed by atoms with E-state index in [1.165, 1.54) is 132 Å². The van der Waals surface area contributed by atoms with Crippen molar-refractivity contribution in [1.29, 1.82) is 0 Å². The van der Waals surface area contributed by atoms with E-state index in [4.69, 9.17) is 14.5 Å². The maximum Gasteiger partial charge on any atom is 0.157 e. The monoisotopic (exact) mass is 549 g/mol. The van der Waals surface area contributed by atoms with E-state index in [-0.39, 0.29) is 6.29 Å². The molecular formula is C37H59NO2. The molecule has 1 aliphatic heterocycles. The highest BCUT2D eigenvalue weighted by Crippen LogP contribution is 2.23. The summed E-state index contributed by atoms with van der Waals surface area (Å²) < 4.78 is 12.1. The zero-order chi connectivity index (χ0) is 28.1. The standard InChI is InChI=1S/C37H59NO2/c1-3-5-7-9-11-12-13-14-16-18-20-34-30-39-37(40-31-34)28-24-33-23-27-36(38-29-33)35-25-21-32(22-26-35)19-17-15-10-8-6-4-2/h21-23,25-27,29,34,37H,3-20,24,28,30-31H2,1-2H3/t34-,37-. The Hall–Kier alpha value is -1.71. The minimum atomic E-state index is -0.0668. The fourth-order valence-electron chi connectivity index (χ4n) is 5.82. The highest BCUT2D eigenvalue weighted by molar-refractivity contribution is 5.59. The van der Waals surface area contributed by atoms with Gasteiger partial charge >= 0.3 is 0 Å². The third-order valence-electron chi connectivity index (χ3n) is 8.56. The van der Waals surface area contributed by atoms with Crippen LogP contribution in [0.5, 0.6) is 0 Å². The van der Waals surface area contributed by atoms with Gasteiger partial charge in [-0.05, 0) is 42.9 Å². The van der Waals surface area contributed by atoms with Crippen LogP contribution in [0.3, 0.4) is 0 Å². The minimum absolute atomic E-state index is 0.0668. The number of pyridine rings is 1. The van der Waals surface area contributed by atoms with Crippen LogP contribution in [-0.4, -0.2) is 24.5 Å². The Labute approximate surface area is 246 Å². The molecule has 0 aliphatic carbocycles. The fourth-order valence-corrected chi connectivity index (χ4v) is 5.82. The molecule has 224 valence electrons. The summed E-state index contributed by atoms with van der Waals surface area (Å²) in [6, 6.07) is 13.4. The van der Waals surface area contributed by atoms with E-state index in [1.807, 2.05) is 6.20 Å². The third kappa shape index (κ3) is 13.8. The van der Waals surface area contributed by atoms with E-state index in [9.17, 15) is 0 Å². The van der Waals surface area contributed by atoms with Crippen LogP contribution in [0.25, 0.3) is 11.3 Å². The van der Waals surface area contributed by atoms with Crippen LogP contribution in [0.1, 0.15) is 141 Å². The Kier molecular flexibility index (Phi) is 17.3. The van der Waals surface area contributed by atoms with Crippen molar-refractivity contribution in [3.05, 3.63) is 53.7 Å². The van der Waals surface area contributed by atoms with Gasteiger partial charge in [0.15, 0.2) is 6.29 Å². The van der Waals surface area contributed by atoms with Gasteiger partial charge in [0.25, 0.3) is 0 Å². The van der Waals surface area contributed by atoms with Crippen molar-refractivity contribution in [3.8, 4) is 11.3 Å². The maximum absolute atomic E-state index is 6.07. The molecule has 0 saturated carbocycles. The molecule has 0 bridgehead atoms. The Balaban J connectivity index is 1.23. The second kappa shape index (κ2) is 21.1. The van der Waals surface area contributed by atoms with Gasteiger partial charge in [0, 0.05) is 24.1 Å². The summed E-state index contributed by atoms with van der Waals surface area (Å²) in [7, 11) is 0. The van der Waals surface area contributed by atoms with Crippen molar-refractivity contribution in [2.45, 2.75) is 149 Å². The summed E-state index contributed by atoms with van der Waals surface area (Å²) in [5.74, 6) is 0.573. The summed E-state index contributed by atoms with van der Waals surface area (Å²) >= 11 is 0. The summed E-state index contributed by atoms with van der Waals surface area (Å²) in [6.45, 7) is 6.28. The number of unbranched alkanes of at least 4 members (excludes halogenated alkanes) is 14. The number of ether oxygens (including phenoxy) is 2. The lowest BCUT2D eigenvalue weighted by Gasteiger charge is -2.29. The number of benzene rings is 1. The highest BCUT2D eigenvalue weighted by Gasteiger charge is 2.21. The van der Waals surface area contributed by atoms with Crippen LogP contribution in [0.2, 0.25) is 0 Å². The number of aromatic nitrogens is 1. The lowest BCUT2D eigenvalue weighted by atomic mass is 10.0. The third-order valence-corrected chi connectivity index (χ3v) is 8.56. The van der Waals surface area contributed by atoms with Crippen LogP contribution in [0, 0.1) is 5.92 Å². The quantitative estimate of drug-likeness (QED) is 0.137. The molecule has 0 unspecified atom stereocenters. The molecule has 1 aliphatic rings. The van der Waals surface area contributed by atoms with Crippen molar-refractivity contribution in [2.24, 2.45) is 5.92 Å². The molecule has 3 rings (SSSR count). The average molecular weight is 550 g/mol. The van der Waals surface area contributed by atoms with Gasteiger partial charge in [-0.1, -0.05) is 140 Å². The molecule has 1 saturated heterocycles. The summed E-state index contributed by atoms with van der Waals surface area (Å²) in [6.07, 6.45) is 28.3. The SMILES string of the molecule is CCCCCCCCCCCC[C@H]1CO[C@H](CCc2ccc(-c3ccc(CCCCCCCC)cc3)nc2)OC1. The van der Waals surface area contributed by atoms with Crippen molar-refractivity contribution in [3.63, 3.8) is 0 Å². The predicted molar refractivity (Wildman–Crippen MR) is 171 cm³/mol. The molecule has 3 heteroatoms.